The summed E-state index contributed by atoms with van der Waals surface area (Å²) in [5.41, 5.74) is 0. The minimum absolute atomic E-state index is 0.243. The first-order valence-electron chi connectivity index (χ1n) is 3.66. The van der Waals surface area contributed by atoms with Crippen molar-refractivity contribution in [2.45, 2.75) is 19.3 Å². The van der Waals surface area contributed by atoms with Crippen LogP contribution in [0.15, 0.2) is 12.7 Å². The van der Waals surface area contributed by atoms with E-state index in [9.17, 15) is 5.11 Å². The van der Waals surface area contributed by atoms with Crippen LogP contribution in [-0.4, -0.2) is 43.0 Å². The van der Waals surface area contributed by atoms with Gasteiger partial charge in [0.1, 0.15) is 6.23 Å². The molecule has 0 spiro atoms. The summed E-state index contributed by atoms with van der Waals surface area (Å²) in [7, 11) is 3.72. The van der Waals surface area contributed by atoms with Crippen molar-refractivity contribution in [3.8, 4) is 0 Å². The Labute approximate surface area is 68.3 Å². The summed E-state index contributed by atoms with van der Waals surface area (Å²) in [6.07, 6.45) is 0.941. The van der Waals surface area contributed by atoms with Gasteiger partial charge in [-0.15, -0.1) is 6.58 Å². The lowest BCUT2D eigenvalue weighted by Crippen LogP contribution is -2.39. The van der Waals surface area contributed by atoms with Crippen LogP contribution in [0.25, 0.3) is 0 Å². The van der Waals surface area contributed by atoms with Crippen LogP contribution in [0.5, 0.6) is 0 Å². The van der Waals surface area contributed by atoms with E-state index in [-0.39, 0.29) is 6.23 Å². The van der Waals surface area contributed by atoms with Crippen molar-refractivity contribution in [2.75, 3.05) is 20.7 Å². The molecule has 3 nitrogen and oxygen atoms in total. The van der Waals surface area contributed by atoms with Gasteiger partial charge in [-0.05, 0) is 21.0 Å². The summed E-state index contributed by atoms with van der Waals surface area (Å²) in [4.78, 5) is 1.83. The van der Waals surface area contributed by atoms with Crippen molar-refractivity contribution in [1.29, 1.82) is 0 Å². The molecule has 0 aliphatic carbocycles. The van der Waals surface area contributed by atoms with Gasteiger partial charge in [0.2, 0.25) is 0 Å². The Hall–Kier alpha value is -0.380. The van der Waals surface area contributed by atoms with Crippen LogP contribution in [0.4, 0.5) is 0 Å². The fourth-order valence-electron chi connectivity index (χ4n) is 0.886. The molecule has 2 unspecified atom stereocenters. The predicted octanol–water partition coefficient (Wildman–Crippen LogP) is 0.458. The first-order valence-corrected chi connectivity index (χ1v) is 3.66. The third-order valence-corrected chi connectivity index (χ3v) is 1.31. The van der Waals surface area contributed by atoms with Crippen LogP contribution >= 0.6 is 0 Å². The number of likely N-dealkylation sites (N-methyl/N-ethyl adjacent to an activating group) is 1. The topological polar surface area (TPSA) is 32.7 Å². The molecule has 0 aliphatic heterocycles. The minimum atomic E-state index is -0.482. The zero-order valence-electron chi connectivity index (χ0n) is 7.45. The number of nitrogens with zero attached hydrogens (tertiary/aromatic N) is 1. The van der Waals surface area contributed by atoms with Gasteiger partial charge in [0.05, 0.1) is 12.7 Å². The third-order valence-electron chi connectivity index (χ3n) is 1.31. The quantitative estimate of drug-likeness (QED) is 0.467. The number of rotatable bonds is 5. The van der Waals surface area contributed by atoms with Crippen LogP contribution < -0.4 is 0 Å². The molecule has 66 valence electrons. The van der Waals surface area contributed by atoms with E-state index in [1.807, 2.05) is 19.0 Å². The van der Waals surface area contributed by atoms with E-state index in [2.05, 4.69) is 6.58 Å². The largest absolute Gasteiger partial charge is 0.389 e. The molecule has 0 rings (SSSR count). The van der Waals surface area contributed by atoms with Gasteiger partial charge in [0, 0.05) is 0 Å². The van der Waals surface area contributed by atoms with Gasteiger partial charge in [-0.1, -0.05) is 6.08 Å². The highest BCUT2D eigenvalue weighted by Gasteiger charge is 2.16. The summed E-state index contributed by atoms with van der Waals surface area (Å²) >= 11 is 0. The van der Waals surface area contributed by atoms with Crippen LogP contribution in [0.2, 0.25) is 0 Å². The molecule has 0 saturated heterocycles. The van der Waals surface area contributed by atoms with E-state index in [1.54, 1.807) is 13.0 Å². The summed E-state index contributed by atoms with van der Waals surface area (Å²) in [6.45, 7) is 5.69. The van der Waals surface area contributed by atoms with Gasteiger partial charge >= 0.3 is 0 Å². The number of aliphatic hydroxyl groups is 1. The minimum Gasteiger partial charge on any atom is -0.389 e. The van der Waals surface area contributed by atoms with Crippen LogP contribution in [0, 0.1) is 0 Å². The Morgan fingerprint density at radius 3 is 2.45 bits per heavy atom. The normalized spacial score (nSPS) is 16.5. The Bertz CT molecular complexity index is 105. The number of hydrogen-bond donors (Lipinski definition) is 1. The van der Waals surface area contributed by atoms with E-state index in [0.29, 0.717) is 6.61 Å². The molecule has 0 saturated carbocycles. The van der Waals surface area contributed by atoms with Crippen LogP contribution in [0.1, 0.15) is 6.92 Å². The zero-order valence-corrected chi connectivity index (χ0v) is 7.45. The highest BCUT2D eigenvalue weighted by atomic mass is 16.5. The van der Waals surface area contributed by atoms with E-state index in [1.165, 1.54) is 0 Å². The first kappa shape index (κ1) is 10.6. The van der Waals surface area contributed by atoms with Crippen LogP contribution in [0.3, 0.4) is 0 Å². The fourth-order valence-corrected chi connectivity index (χ4v) is 0.886. The van der Waals surface area contributed by atoms with Gasteiger partial charge in [0.25, 0.3) is 0 Å². The van der Waals surface area contributed by atoms with E-state index in [4.69, 9.17) is 4.74 Å². The fraction of sp³-hybridized carbons (Fsp3) is 0.750. The molecule has 1 N–H and O–H groups in total. The molecule has 0 fully saturated rings. The maximum absolute atomic E-state index is 9.21. The average Bonchev–Trinajstić information content (AvgIpc) is 1.87. The second-order valence-corrected chi connectivity index (χ2v) is 2.72. The molecular weight excluding hydrogens is 142 g/mol. The van der Waals surface area contributed by atoms with Gasteiger partial charge in [0.15, 0.2) is 0 Å². The van der Waals surface area contributed by atoms with Crippen molar-refractivity contribution in [2.24, 2.45) is 0 Å². The van der Waals surface area contributed by atoms with E-state index >= 15 is 0 Å². The molecular formula is C8H17NO2. The van der Waals surface area contributed by atoms with Crippen LogP contribution in [-0.2, 0) is 4.74 Å². The summed E-state index contributed by atoms with van der Waals surface area (Å²) < 4.78 is 5.27. The highest BCUT2D eigenvalue weighted by molar-refractivity contribution is 4.68. The predicted molar refractivity (Wildman–Crippen MR) is 45.3 cm³/mol. The lowest BCUT2D eigenvalue weighted by atomic mass is 10.3. The van der Waals surface area contributed by atoms with Gasteiger partial charge in [-0.2, -0.15) is 0 Å². The third kappa shape index (κ3) is 4.14. The molecule has 0 bridgehead atoms. The monoisotopic (exact) mass is 159 g/mol. The van der Waals surface area contributed by atoms with E-state index < -0.39 is 6.10 Å². The Morgan fingerprint density at radius 2 is 2.18 bits per heavy atom. The first-order chi connectivity index (χ1) is 5.09. The molecule has 0 aromatic carbocycles. The van der Waals surface area contributed by atoms with Gasteiger partial charge in [-0.3, -0.25) is 4.90 Å². The van der Waals surface area contributed by atoms with Crippen molar-refractivity contribution >= 4 is 0 Å². The molecule has 3 heteroatoms. The molecule has 0 aromatic heterocycles. The Morgan fingerprint density at radius 1 is 1.64 bits per heavy atom. The lowest BCUT2D eigenvalue weighted by Gasteiger charge is -2.26. The highest BCUT2D eigenvalue weighted by Crippen LogP contribution is 2.01. The molecule has 0 heterocycles. The Kier molecular flexibility index (Phi) is 5.11. The molecule has 0 radical (unpaired) electrons. The smallest absolute Gasteiger partial charge is 0.136 e. The van der Waals surface area contributed by atoms with Crippen molar-refractivity contribution in [3.63, 3.8) is 0 Å². The maximum Gasteiger partial charge on any atom is 0.136 e. The van der Waals surface area contributed by atoms with Gasteiger partial charge in [-0.25, -0.2) is 0 Å². The molecule has 0 aromatic rings. The standard InChI is InChI=1S/C8H17NO2/c1-5-6-11-8(7(2)10)9(3)4/h5,7-8,10H,1,6H2,2-4H3. The molecule has 0 aliphatic rings. The Balaban J connectivity index is 3.79. The lowest BCUT2D eigenvalue weighted by molar-refractivity contribution is -0.0925. The number of aliphatic hydroxyl groups excluding tert-OH is 1. The van der Waals surface area contributed by atoms with Crippen molar-refractivity contribution in [1.82, 2.24) is 4.90 Å². The number of hydrogen-bond acceptors (Lipinski definition) is 3. The second-order valence-electron chi connectivity index (χ2n) is 2.72. The van der Waals surface area contributed by atoms with Crippen molar-refractivity contribution < 1.29 is 9.84 Å². The summed E-state index contributed by atoms with van der Waals surface area (Å²) in [5, 5.41) is 9.21. The molecule has 2 atom stereocenters. The summed E-state index contributed by atoms with van der Waals surface area (Å²) in [6, 6.07) is 0. The van der Waals surface area contributed by atoms with E-state index in [0.717, 1.165) is 0 Å². The zero-order chi connectivity index (χ0) is 8.85. The molecule has 11 heavy (non-hydrogen) atoms. The molecule has 0 amide bonds. The second kappa shape index (κ2) is 5.29. The number of ether oxygens (including phenoxy) is 1. The summed E-state index contributed by atoms with van der Waals surface area (Å²) in [5.74, 6) is 0. The van der Waals surface area contributed by atoms with Gasteiger partial charge < -0.3 is 9.84 Å². The maximum atomic E-state index is 9.21. The SMILES string of the molecule is C=CCOC(C(C)O)N(C)C. The van der Waals surface area contributed by atoms with Crippen molar-refractivity contribution in [3.05, 3.63) is 12.7 Å². The average molecular weight is 159 g/mol.